The van der Waals surface area contributed by atoms with E-state index in [0.29, 0.717) is 11.0 Å². The first-order chi connectivity index (χ1) is 18.2. The number of nitrogens with two attached hydrogens (primary N) is 1. The number of carboxylic acids is 2. The molecule has 10 heteroatoms. The molecule has 38 heavy (non-hydrogen) atoms. The summed E-state index contributed by atoms with van der Waals surface area (Å²) in [6.07, 6.45) is 18.0. The van der Waals surface area contributed by atoms with E-state index in [1.165, 1.54) is 38.5 Å². The molecule has 0 aliphatic heterocycles. The molecule has 3 atom stereocenters. The molecule has 0 spiro atoms. The van der Waals surface area contributed by atoms with E-state index < -0.39 is 42.4 Å². The van der Waals surface area contributed by atoms with Gasteiger partial charge in [0.15, 0.2) is 0 Å². The van der Waals surface area contributed by atoms with Gasteiger partial charge in [0, 0.05) is 17.4 Å². The van der Waals surface area contributed by atoms with Gasteiger partial charge in [0.2, 0.25) is 11.8 Å². The number of hydrogen-bond acceptors (Lipinski definition) is 6. The number of amides is 2. The third-order valence-corrected chi connectivity index (χ3v) is 7.85. The van der Waals surface area contributed by atoms with Crippen LogP contribution in [0.4, 0.5) is 0 Å². The van der Waals surface area contributed by atoms with E-state index in [0.717, 1.165) is 51.4 Å². The molecule has 2 amide bonds. The molecule has 0 aromatic carbocycles. The van der Waals surface area contributed by atoms with Crippen molar-refractivity contribution in [1.29, 1.82) is 0 Å². The van der Waals surface area contributed by atoms with E-state index in [4.69, 9.17) is 15.9 Å². The van der Waals surface area contributed by atoms with Gasteiger partial charge in [0.1, 0.15) is 18.6 Å². The van der Waals surface area contributed by atoms with Gasteiger partial charge in [-0.3, -0.25) is 19.2 Å². The quantitative estimate of drug-likeness (QED) is 0.0760. The van der Waals surface area contributed by atoms with Crippen molar-refractivity contribution >= 4 is 35.5 Å². The van der Waals surface area contributed by atoms with Crippen molar-refractivity contribution in [2.75, 3.05) is 12.3 Å². The van der Waals surface area contributed by atoms with Crippen LogP contribution in [-0.2, 0) is 19.2 Å². The minimum Gasteiger partial charge on any atom is -0.480 e. The monoisotopic (exact) mass is 557 g/mol. The zero-order chi connectivity index (χ0) is 28.6. The molecule has 6 N–H and O–H groups in total. The van der Waals surface area contributed by atoms with Crippen LogP contribution in [0.5, 0.6) is 0 Å². The Kier molecular flexibility index (Phi) is 22.7. The van der Waals surface area contributed by atoms with Crippen LogP contribution in [0.3, 0.4) is 0 Å². The molecule has 0 saturated heterocycles. The first-order valence-electron chi connectivity index (χ1n) is 14.2. The SMILES string of the molecule is C=CCCCCCCC(CCCCCCCCC)SCC(NC(=O)CCC(N)C(=O)O)C(=O)NCC(=O)O. The highest BCUT2D eigenvalue weighted by Gasteiger charge is 2.24. The van der Waals surface area contributed by atoms with Crippen LogP contribution in [-0.4, -0.2) is 63.6 Å². The number of carbonyl (C=O) groups is 4. The van der Waals surface area contributed by atoms with Gasteiger partial charge in [0.05, 0.1) is 0 Å². The first kappa shape index (κ1) is 35.9. The van der Waals surface area contributed by atoms with E-state index >= 15 is 0 Å². The lowest BCUT2D eigenvalue weighted by atomic mass is 10.0. The highest BCUT2D eigenvalue weighted by molar-refractivity contribution is 7.99. The fraction of sp³-hybridized carbons (Fsp3) is 0.786. The number of unbranched alkanes of at least 4 members (excludes halogenated alkanes) is 10. The van der Waals surface area contributed by atoms with Gasteiger partial charge < -0.3 is 26.6 Å². The topological polar surface area (TPSA) is 159 Å². The zero-order valence-electron chi connectivity index (χ0n) is 23.3. The summed E-state index contributed by atoms with van der Waals surface area (Å²) < 4.78 is 0. The summed E-state index contributed by atoms with van der Waals surface area (Å²) in [6.45, 7) is 5.44. The van der Waals surface area contributed by atoms with Crippen LogP contribution < -0.4 is 16.4 Å². The smallest absolute Gasteiger partial charge is 0.322 e. The molecule has 9 nitrogen and oxygen atoms in total. The summed E-state index contributed by atoms with van der Waals surface area (Å²) in [7, 11) is 0. The molecule has 0 aromatic heterocycles. The number of thioether (sulfide) groups is 1. The number of carbonyl (C=O) groups excluding carboxylic acids is 2. The van der Waals surface area contributed by atoms with Crippen molar-refractivity contribution in [2.45, 2.75) is 127 Å². The first-order valence-corrected chi connectivity index (χ1v) is 15.3. The van der Waals surface area contributed by atoms with Crippen LogP contribution in [0.2, 0.25) is 0 Å². The van der Waals surface area contributed by atoms with Crippen molar-refractivity contribution in [3.8, 4) is 0 Å². The normalized spacial score (nSPS) is 13.3. The largest absolute Gasteiger partial charge is 0.480 e. The summed E-state index contributed by atoms with van der Waals surface area (Å²) in [5.41, 5.74) is 5.48. The maximum atomic E-state index is 12.7. The molecule has 0 aliphatic carbocycles. The maximum absolute atomic E-state index is 12.7. The average Bonchev–Trinajstić information content (AvgIpc) is 2.88. The zero-order valence-corrected chi connectivity index (χ0v) is 24.1. The van der Waals surface area contributed by atoms with Gasteiger partial charge in [-0.1, -0.05) is 77.2 Å². The fourth-order valence-electron chi connectivity index (χ4n) is 4.03. The van der Waals surface area contributed by atoms with Crippen molar-refractivity contribution < 1.29 is 29.4 Å². The second-order valence-corrected chi connectivity index (χ2v) is 11.2. The van der Waals surface area contributed by atoms with Crippen molar-refractivity contribution in [1.82, 2.24) is 10.6 Å². The summed E-state index contributed by atoms with van der Waals surface area (Å²) in [6, 6.07) is -2.07. The molecular weight excluding hydrogens is 506 g/mol. The van der Waals surface area contributed by atoms with Crippen LogP contribution in [0.1, 0.15) is 110 Å². The Labute approximate surface area is 233 Å². The predicted octanol–water partition coefficient (Wildman–Crippen LogP) is 4.63. The van der Waals surface area contributed by atoms with Gasteiger partial charge in [-0.25, -0.2) is 0 Å². The lowest BCUT2D eigenvalue weighted by Gasteiger charge is -2.22. The van der Waals surface area contributed by atoms with Gasteiger partial charge in [-0.05, 0) is 32.1 Å². The molecule has 0 saturated carbocycles. The van der Waals surface area contributed by atoms with E-state index in [-0.39, 0.29) is 12.8 Å². The minimum atomic E-state index is -1.19. The number of nitrogens with one attached hydrogen (secondary N) is 2. The number of rotatable bonds is 26. The Morgan fingerprint density at radius 1 is 0.895 bits per heavy atom. The minimum absolute atomic E-state index is 0.0511. The molecule has 0 heterocycles. The third kappa shape index (κ3) is 20.9. The summed E-state index contributed by atoms with van der Waals surface area (Å²) in [4.78, 5) is 46.9. The Hall–Kier alpha value is -2.07. The Bertz CT molecular complexity index is 692. The Morgan fingerprint density at radius 2 is 1.47 bits per heavy atom. The van der Waals surface area contributed by atoms with Crippen LogP contribution in [0.25, 0.3) is 0 Å². The summed E-state index contributed by atoms with van der Waals surface area (Å²) in [5.74, 6) is -3.09. The lowest BCUT2D eigenvalue weighted by Crippen LogP contribution is -2.49. The highest BCUT2D eigenvalue weighted by Crippen LogP contribution is 2.25. The Balaban J connectivity index is 4.98. The molecule has 0 radical (unpaired) electrons. The third-order valence-electron chi connectivity index (χ3n) is 6.38. The molecule has 0 bridgehead atoms. The van der Waals surface area contributed by atoms with Gasteiger partial charge >= 0.3 is 11.9 Å². The Morgan fingerprint density at radius 3 is 2.03 bits per heavy atom. The van der Waals surface area contributed by atoms with E-state index in [2.05, 4.69) is 24.1 Å². The van der Waals surface area contributed by atoms with Crippen LogP contribution >= 0.6 is 11.8 Å². The molecule has 0 fully saturated rings. The van der Waals surface area contributed by atoms with E-state index in [1.807, 2.05) is 6.08 Å². The lowest BCUT2D eigenvalue weighted by molar-refractivity contribution is -0.139. The molecule has 0 rings (SSSR count). The van der Waals surface area contributed by atoms with Crippen molar-refractivity contribution in [2.24, 2.45) is 5.73 Å². The molecule has 0 aromatic rings. The van der Waals surface area contributed by atoms with Crippen LogP contribution in [0, 0.1) is 0 Å². The standard InChI is InChI=1S/C28H51N3O6S/c1-3-5-7-9-11-13-15-17-22(16-14-12-10-8-6-4-2)38-21-24(27(35)30-20-26(33)34)31-25(32)19-18-23(29)28(36)37/h4,22-24H,2-3,5-21,29H2,1H3,(H,30,35)(H,31,32)(H,33,34)(H,36,37). The molecule has 220 valence electrons. The van der Waals surface area contributed by atoms with Crippen molar-refractivity contribution in [3.05, 3.63) is 12.7 Å². The van der Waals surface area contributed by atoms with E-state index in [1.54, 1.807) is 11.8 Å². The second-order valence-electron chi connectivity index (χ2n) is 9.86. The number of allylic oxidation sites excluding steroid dienone is 1. The van der Waals surface area contributed by atoms with Crippen molar-refractivity contribution in [3.63, 3.8) is 0 Å². The van der Waals surface area contributed by atoms with Gasteiger partial charge in [0.25, 0.3) is 0 Å². The average molecular weight is 558 g/mol. The highest BCUT2D eigenvalue weighted by atomic mass is 32.2. The van der Waals surface area contributed by atoms with Crippen LogP contribution in [0.15, 0.2) is 12.7 Å². The fourth-order valence-corrected chi connectivity index (χ4v) is 5.40. The number of aliphatic carboxylic acids is 2. The van der Waals surface area contributed by atoms with E-state index in [9.17, 15) is 19.2 Å². The molecular formula is C28H51N3O6S. The molecule has 0 aliphatic rings. The summed E-state index contributed by atoms with van der Waals surface area (Å²) >= 11 is 1.65. The maximum Gasteiger partial charge on any atom is 0.322 e. The predicted molar refractivity (Wildman–Crippen MR) is 154 cm³/mol. The van der Waals surface area contributed by atoms with Gasteiger partial charge in [-0.2, -0.15) is 11.8 Å². The van der Waals surface area contributed by atoms with Gasteiger partial charge in [-0.15, -0.1) is 6.58 Å². The molecule has 3 unspecified atom stereocenters. The summed E-state index contributed by atoms with van der Waals surface area (Å²) in [5, 5.41) is 23.2. The number of hydrogen-bond donors (Lipinski definition) is 5. The number of carboxylic acid groups (broad SMARTS) is 2. The second kappa shape index (κ2) is 24.0.